The summed E-state index contributed by atoms with van der Waals surface area (Å²) in [5, 5.41) is 6.00. The molecule has 0 aliphatic heterocycles. The Morgan fingerprint density at radius 3 is 1.35 bits per heavy atom. The number of hydrogen-bond acceptors (Lipinski definition) is 2. The Bertz CT molecular complexity index is 919. The molecule has 0 atom stereocenters. The van der Waals surface area contributed by atoms with E-state index in [1.807, 2.05) is 0 Å². The van der Waals surface area contributed by atoms with E-state index in [0.29, 0.717) is 29.8 Å². The number of amides is 2. The third kappa shape index (κ3) is 24.9. The second-order valence-corrected chi connectivity index (χ2v) is 13.7. The molecular formula is C42H72N2O2. The van der Waals surface area contributed by atoms with Crippen molar-refractivity contribution < 1.29 is 9.59 Å². The molecule has 0 aliphatic rings. The monoisotopic (exact) mass is 637 g/mol. The van der Waals surface area contributed by atoms with Gasteiger partial charge in [-0.15, -0.1) is 6.42 Å². The van der Waals surface area contributed by atoms with Crippen LogP contribution in [0.3, 0.4) is 0 Å². The number of anilines is 1. The molecule has 1 aromatic rings. The van der Waals surface area contributed by atoms with Crippen LogP contribution in [-0.2, 0) is 4.79 Å². The molecular weight excluding hydrogens is 564 g/mol. The van der Waals surface area contributed by atoms with E-state index in [1.54, 1.807) is 18.2 Å². The van der Waals surface area contributed by atoms with Crippen molar-refractivity contribution in [3.8, 4) is 12.3 Å². The van der Waals surface area contributed by atoms with Crippen LogP contribution < -0.4 is 10.6 Å². The summed E-state index contributed by atoms with van der Waals surface area (Å²) >= 11 is 0. The number of carbonyl (C=O) groups excluding carboxylic acids is 2. The number of terminal acetylenes is 1. The molecule has 262 valence electrons. The second kappa shape index (κ2) is 31.3. The van der Waals surface area contributed by atoms with E-state index in [-0.39, 0.29) is 11.8 Å². The fraction of sp³-hybridized carbons (Fsp3) is 0.762. The molecule has 1 rings (SSSR count). The summed E-state index contributed by atoms with van der Waals surface area (Å²) in [6.07, 6.45) is 42.8. The topological polar surface area (TPSA) is 58.2 Å². The van der Waals surface area contributed by atoms with E-state index in [1.165, 1.54) is 154 Å². The van der Waals surface area contributed by atoms with Gasteiger partial charge in [0.15, 0.2) is 0 Å². The van der Waals surface area contributed by atoms with Crippen LogP contribution >= 0.6 is 0 Å². The lowest BCUT2D eigenvalue weighted by Crippen LogP contribution is -2.24. The van der Waals surface area contributed by atoms with Crippen molar-refractivity contribution in [1.82, 2.24) is 5.32 Å². The molecule has 0 unspecified atom stereocenters. The Balaban J connectivity index is 2.12. The van der Waals surface area contributed by atoms with E-state index in [2.05, 4.69) is 30.4 Å². The maximum absolute atomic E-state index is 12.8. The van der Waals surface area contributed by atoms with Crippen LogP contribution in [0.15, 0.2) is 18.2 Å². The van der Waals surface area contributed by atoms with E-state index >= 15 is 0 Å². The highest BCUT2D eigenvalue weighted by molar-refractivity contribution is 5.97. The molecule has 0 saturated carbocycles. The lowest BCUT2D eigenvalue weighted by atomic mass is 10.0. The average molecular weight is 637 g/mol. The predicted molar refractivity (Wildman–Crippen MR) is 201 cm³/mol. The molecule has 4 heteroatoms. The highest BCUT2D eigenvalue weighted by atomic mass is 16.2. The smallest absolute Gasteiger partial charge is 0.251 e. The van der Waals surface area contributed by atoms with Gasteiger partial charge in [0.05, 0.1) is 0 Å². The van der Waals surface area contributed by atoms with E-state index < -0.39 is 0 Å². The van der Waals surface area contributed by atoms with Gasteiger partial charge in [-0.2, -0.15) is 0 Å². The van der Waals surface area contributed by atoms with Crippen LogP contribution in [0.25, 0.3) is 0 Å². The minimum absolute atomic E-state index is 0.0122. The first kappa shape index (κ1) is 41.7. The van der Waals surface area contributed by atoms with Gasteiger partial charge in [0.2, 0.25) is 5.91 Å². The molecule has 2 amide bonds. The van der Waals surface area contributed by atoms with Crippen molar-refractivity contribution in [2.75, 3.05) is 11.9 Å². The van der Waals surface area contributed by atoms with E-state index in [0.717, 1.165) is 25.7 Å². The first-order valence-electron chi connectivity index (χ1n) is 19.8. The lowest BCUT2D eigenvalue weighted by Gasteiger charge is -2.10. The molecule has 0 bridgehead atoms. The molecule has 46 heavy (non-hydrogen) atoms. The molecule has 0 aliphatic carbocycles. The number of nitrogens with one attached hydrogen (secondary N) is 2. The summed E-state index contributed by atoms with van der Waals surface area (Å²) in [7, 11) is 0. The molecule has 0 heterocycles. The molecule has 0 fully saturated rings. The van der Waals surface area contributed by atoms with Gasteiger partial charge in [0.1, 0.15) is 0 Å². The van der Waals surface area contributed by atoms with Crippen LogP contribution in [0.2, 0.25) is 0 Å². The number of rotatable bonds is 32. The number of hydrogen-bond donors (Lipinski definition) is 2. The standard InChI is InChI=1S/C42H72N2O2/c1-4-7-9-11-13-15-17-19-21-23-25-27-29-31-33-41(45)44-40-36-38(6-3)35-39(37-40)42(46)43-34-32-30-28-26-24-22-20-18-16-14-12-10-8-5-2/h3,35-37H,4-5,7-34H2,1-2H3,(H,43,46)(H,44,45). The van der Waals surface area contributed by atoms with Crippen molar-refractivity contribution in [2.24, 2.45) is 0 Å². The molecule has 1 aromatic carbocycles. The van der Waals surface area contributed by atoms with Crippen molar-refractivity contribution in [2.45, 2.75) is 200 Å². The van der Waals surface area contributed by atoms with E-state index in [4.69, 9.17) is 6.42 Å². The number of benzene rings is 1. The van der Waals surface area contributed by atoms with Gasteiger partial charge in [0, 0.05) is 29.8 Å². The molecule has 2 N–H and O–H groups in total. The largest absolute Gasteiger partial charge is 0.352 e. The summed E-state index contributed by atoms with van der Waals surface area (Å²) in [6.45, 7) is 5.21. The molecule has 4 nitrogen and oxygen atoms in total. The van der Waals surface area contributed by atoms with Crippen LogP contribution in [0.5, 0.6) is 0 Å². The first-order chi connectivity index (χ1) is 22.6. The van der Waals surface area contributed by atoms with Gasteiger partial charge in [-0.05, 0) is 31.0 Å². The zero-order valence-electron chi connectivity index (χ0n) is 30.3. The zero-order chi connectivity index (χ0) is 33.3. The first-order valence-corrected chi connectivity index (χ1v) is 19.8. The minimum atomic E-state index is -0.130. The normalized spacial score (nSPS) is 11.0. The van der Waals surface area contributed by atoms with Gasteiger partial charge in [-0.1, -0.05) is 187 Å². The van der Waals surface area contributed by atoms with Gasteiger partial charge in [-0.25, -0.2) is 0 Å². The summed E-state index contributed by atoms with van der Waals surface area (Å²) in [5.74, 6) is 2.48. The predicted octanol–water partition coefficient (Wildman–Crippen LogP) is 12.7. The maximum atomic E-state index is 12.8. The Morgan fingerprint density at radius 1 is 0.543 bits per heavy atom. The summed E-state index contributed by atoms with van der Waals surface area (Å²) in [4.78, 5) is 25.4. The van der Waals surface area contributed by atoms with Crippen molar-refractivity contribution in [1.29, 1.82) is 0 Å². The summed E-state index contributed by atoms with van der Waals surface area (Å²) in [5.41, 5.74) is 1.72. The zero-order valence-corrected chi connectivity index (χ0v) is 30.3. The van der Waals surface area contributed by atoms with Gasteiger partial charge in [0.25, 0.3) is 5.91 Å². The van der Waals surface area contributed by atoms with Gasteiger partial charge in [-0.3, -0.25) is 9.59 Å². The number of unbranched alkanes of at least 4 members (excludes halogenated alkanes) is 26. The molecule has 0 radical (unpaired) electrons. The van der Waals surface area contributed by atoms with Gasteiger partial charge >= 0.3 is 0 Å². The van der Waals surface area contributed by atoms with Crippen molar-refractivity contribution in [3.63, 3.8) is 0 Å². The highest BCUT2D eigenvalue weighted by Crippen LogP contribution is 2.18. The van der Waals surface area contributed by atoms with Crippen LogP contribution in [0.4, 0.5) is 5.69 Å². The third-order valence-corrected chi connectivity index (χ3v) is 9.22. The third-order valence-electron chi connectivity index (χ3n) is 9.22. The van der Waals surface area contributed by atoms with Gasteiger partial charge < -0.3 is 10.6 Å². The van der Waals surface area contributed by atoms with Crippen molar-refractivity contribution in [3.05, 3.63) is 29.3 Å². The van der Waals surface area contributed by atoms with Crippen LogP contribution in [-0.4, -0.2) is 18.4 Å². The number of carbonyl (C=O) groups is 2. The summed E-state index contributed by atoms with van der Waals surface area (Å²) < 4.78 is 0. The SMILES string of the molecule is C#Cc1cc(NC(=O)CCCCCCCCCCCCCCCC)cc(C(=O)NCCCCCCCCCCCCCCCC)c1. The average Bonchev–Trinajstić information content (AvgIpc) is 3.06. The molecule has 0 spiro atoms. The fourth-order valence-corrected chi connectivity index (χ4v) is 6.24. The Labute approximate surface area is 285 Å². The second-order valence-electron chi connectivity index (χ2n) is 13.7. The fourth-order valence-electron chi connectivity index (χ4n) is 6.24. The lowest BCUT2D eigenvalue weighted by molar-refractivity contribution is -0.116. The Morgan fingerprint density at radius 2 is 0.935 bits per heavy atom. The van der Waals surface area contributed by atoms with Crippen LogP contribution in [0.1, 0.15) is 216 Å². The summed E-state index contributed by atoms with van der Waals surface area (Å²) in [6, 6.07) is 5.24. The Kier molecular flexibility index (Phi) is 28.4. The highest BCUT2D eigenvalue weighted by Gasteiger charge is 2.10. The van der Waals surface area contributed by atoms with Crippen molar-refractivity contribution >= 4 is 17.5 Å². The maximum Gasteiger partial charge on any atom is 0.251 e. The quantitative estimate of drug-likeness (QED) is 0.0610. The van der Waals surface area contributed by atoms with Crippen LogP contribution in [0, 0.1) is 12.3 Å². The Hall–Kier alpha value is -2.28. The minimum Gasteiger partial charge on any atom is -0.352 e. The molecule has 0 saturated heterocycles. The molecule has 0 aromatic heterocycles. The van der Waals surface area contributed by atoms with E-state index in [9.17, 15) is 9.59 Å².